The molecule has 1 heterocycles. The molecule has 3 nitrogen and oxygen atoms in total. The first kappa shape index (κ1) is 15.7. The van der Waals surface area contributed by atoms with E-state index in [-0.39, 0.29) is 29.6 Å². The summed E-state index contributed by atoms with van der Waals surface area (Å²) >= 11 is 0. The number of hydrogen-bond acceptors (Lipinski definition) is 2. The summed E-state index contributed by atoms with van der Waals surface area (Å²) in [5.41, 5.74) is 5.73. The third-order valence-corrected chi connectivity index (χ3v) is 3.31. The Morgan fingerprint density at radius 1 is 1.50 bits per heavy atom. The summed E-state index contributed by atoms with van der Waals surface area (Å²) < 4.78 is 0. The standard InChI is InChI=1S/C12H24N2O.ClH/c1-9(8-13)11(15)14-7-5-6-10(14)12(2,3)4;/h9-10H,5-8,13H2,1-4H3;1H. The number of hydrogen-bond donors (Lipinski definition) is 1. The van der Waals surface area contributed by atoms with Gasteiger partial charge in [-0.05, 0) is 18.3 Å². The quantitative estimate of drug-likeness (QED) is 0.813. The van der Waals surface area contributed by atoms with Crippen LogP contribution in [0.15, 0.2) is 0 Å². The summed E-state index contributed by atoms with van der Waals surface area (Å²) in [7, 11) is 0. The van der Waals surface area contributed by atoms with Crippen molar-refractivity contribution < 1.29 is 4.79 Å². The topological polar surface area (TPSA) is 46.3 Å². The largest absolute Gasteiger partial charge is 0.339 e. The lowest BCUT2D eigenvalue weighted by Gasteiger charge is -2.36. The molecule has 0 aliphatic carbocycles. The van der Waals surface area contributed by atoms with Crippen LogP contribution >= 0.6 is 12.4 Å². The minimum atomic E-state index is -0.0343. The monoisotopic (exact) mass is 248 g/mol. The fourth-order valence-corrected chi connectivity index (χ4v) is 2.31. The van der Waals surface area contributed by atoms with Gasteiger partial charge in [-0.15, -0.1) is 12.4 Å². The summed E-state index contributed by atoms with van der Waals surface area (Å²) in [5.74, 6) is 0.197. The van der Waals surface area contributed by atoms with E-state index in [1.54, 1.807) is 0 Å². The van der Waals surface area contributed by atoms with Crippen LogP contribution in [0, 0.1) is 11.3 Å². The maximum atomic E-state index is 12.1. The molecule has 2 N–H and O–H groups in total. The van der Waals surface area contributed by atoms with Gasteiger partial charge in [0.15, 0.2) is 0 Å². The Hall–Kier alpha value is -0.280. The van der Waals surface area contributed by atoms with Crippen molar-refractivity contribution in [2.45, 2.75) is 46.6 Å². The smallest absolute Gasteiger partial charge is 0.226 e. The first-order chi connectivity index (χ1) is 6.88. The molecular weight excluding hydrogens is 224 g/mol. The number of likely N-dealkylation sites (tertiary alicyclic amines) is 1. The van der Waals surface area contributed by atoms with Crippen LogP contribution in [-0.2, 0) is 4.79 Å². The molecule has 96 valence electrons. The molecule has 1 fully saturated rings. The average molecular weight is 249 g/mol. The molecule has 1 rings (SSSR count). The molecule has 0 radical (unpaired) electrons. The average Bonchev–Trinajstić information content (AvgIpc) is 2.63. The summed E-state index contributed by atoms with van der Waals surface area (Å²) in [6, 6.07) is 0.388. The number of carbonyl (C=O) groups is 1. The van der Waals surface area contributed by atoms with Crippen molar-refractivity contribution in [3.63, 3.8) is 0 Å². The SMILES string of the molecule is CC(CN)C(=O)N1CCCC1C(C)(C)C.Cl. The zero-order valence-electron chi connectivity index (χ0n) is 10.8. The Morgan fingerprint density at radius 2 is 2.06 bits per heavy atom. The third-order valence-electron chi connectivity index (χ3n) is 3.31. The van der Waals surface area contributed by atoms with Crippen molar-refractivity contribution in [2.75, 3.05) is 13.1 Å². The molecule has 0 spiro atoms. The van der Waals surface area contributed by atoms with Crippen LogP contribution in [0.2, 0.25) is 0 Å². The van der Waals surface area contributed by atoms with E-state index < -0.39 is 0 Å². The van der Waals surface area contributed by atoms with Crippen LogP contribution in [0.4, 0.5) is 0 Å². The minimum absolute atomic E-state index is 0. The number of rotatable bonds is 2. The fourth-order valence-electron chi connectivity index (χ4n) is 2.31. The highest BCUT2D eigenvalue weighted by Gasteiger charge is 2.37. The van der Waals surface area contributed by atoms with Gasteiger partial charge in [-0.25, -0.2) is 0 Å². The van der Waals surface area contributed by atoms with Gasteiger partial charge in [0, 0.05) is 25.0 Å². The molecule has 1 amide bonds. The highest BCUT2D eigenvalue weighted by atomic mass is 35.5. The van der Waals surface area contributed by atoms with Gasteiger partial charge in [0.05, 0.1) is 0 Å². The normalized spacial score (nSPS) is 22.8. The summed E-state index contributed by atoms with van der Waals surface area (Å²) in [4.78, 5) is 14.1. The van der Waals surface area contributed by atoms with E-state index in [9.17, 15) is 4.79 Å². The van der Waals surface area contributed by atoms with Crippen molar-refractivity contribution in [3.05, 3.63) is 0 Å². The molecular formula is C12H25ClN2O. The summed E-state index contributed by atoms with van der Waals surface area (Å²) in [6.07, 6.45) is 2.26. The second-order valence-electron chi connectivity index (χ2n) is 5.69. The Kier molecular flexibility index (Phi) is 5.77. The Balaban J connectivity index is 0.00000225. The van der Waals surface area contributed by atoms with Crippen molar-refractivity contribution in [2.24, 2.45) is 17.1 Å². The van der Waals surface area contributed by atoms with E-state index in [4.69, 9.17) is 5.73 Å². The molecule has 2 atom stereocenters. The van der Waals surface area contributed by atoms with Crippen LogP contribution in [0.25, 0.3) is 0 Å². The van der Waals surface area contributed by atoms with Crippen LogP contribution in [-0.4, -0.2) is 29.9 Å². The molecule has 16 heavy (non-hydrogen) atoms. The summed E-state index contributed by atoms with van der Waals surface area (Å²) in [6.45, 7) is 9.89. The van der Waals surface area contributed by atoms with E-state index in [0.29, 0.717) is 12.6 Å². The van der Waals surface area contributed by atoms with E-state index in [1.807, 2.05) is 11.8 Å². The van der Waals surface area contributed by atoms with Crippen LogP contribution in [0.3, 0.4) is 0 Å². The third kappa shape index (κ3) is 3.36. The number of nitrogens with two attached hydrogens (primary N) is 1. The fraction of sp³-hybridized carbons (Fsp3) is 0.917. The molecule has 0 bridgehead atoms. The highest BCUT2D eigenvalue weighted by Crippen LogP contribution is 2.33. The van der Waals surface area contributed by atoms with E-state index in [0.717, 1.165) is 19.4 Å². The van der Waals surface area contributed by atoms with Crippen molar-refractivity contribution >= 4 is 18.3 Å². The predicted octanol–water partition coefficient (Wildman–Crippen LogP) is 2.04. The summed E-state index contributed by atoms with van der Waals surface area (Å²) in [5, 5.41) is 0. The first-order valence-electron chi connectivity index (χ1n) is 5.88. The molecule has 0 aromatic rings. The van der Waals surface area contributed by atoms with Crippen LogP contribution in [0.1, 0.15) is 40.5 Å². The Labute approximate surface area is 105 Å². The van der Waals surface area contributed by atoms with Gasteiger partial charge in [-0.3, -0.25) is 4.79 Å². The van der Waals surface area contributed by atoms with E-state index in [2.05, 4.69) is 20.8 Å². The van der Waals surface area contributed by atoms with Crippen molar-refractivity contribution in [1.29, 1.82) is 0 Å². The molecule has 1 aliphatic heterocycles. The zero-order valence-corrected chi connectivity index (χ0v) is 11.6. The second kappa shape index (κ2) is 5.87. The van der Waals surface area contributed by atoms with Gasteiger partial charge in [-0.2, -0.15) is 0 Å². The number of halogens is 1. The van der Waals surface area contributed by atoms with Gasteiger partial charge in [0.1, 0.15) is 0 Å². The lowest BCUT2D eigenvalue weighted by molar-refractivity contribution is -0.137. The molecule has 1 aliphatic rings. The predicted molar refractivity (Wildman–Crippen MR) is 69.7 cm³/mol. The number of nitrogens with zero attached hydrogens (tertiary/aromatic N) is 1. The van der Waals surface area contributed by atoms with Gasteiger partial charge >= 0.3 is 0 Å². The maximum absolute atomic E-state index is 12.1. The highest BCUT2D eigenvalue weighted by molar-refractivity contribution is 5.85. The molecule has 0 saturated carbocycles. The lowest BCUT2D eigenvalue weighted by Crippen LogP contribution is -2.46. The van der Waals surface area contributed by atoms with Gasteiger partial charge in [0.2, 0.25) is 5.91 Å². The van der Waals surface area contributed by atoms with Crippen LogP contribution < -0.4 is 5.73 Å². The molecule has 2 unspecified atom stereocenters. The van der Waals surface area contributed by atoms with E-state index >= 15 is 0 Å². The van der Waals surface area contributed by atoms with Gasteiger partial charge in [-0.1, -0.05) is 27.7 Å². The Morgan fingerprint density at radius 3 is 2.50 bits per heavy atom. The number of amides is 1. The lowest BCUT2D eigenvalue weighted by atomic mass is 9.85. The minimum Gasteiger partial charge on any atom is -0.339 e. The zero-order chi connectivity index (χ0) is 11.6. The van der Waals surface area contributed by atoms with Gasteiger partial charge < -0.3 is 10.6 Å². The molecule has 4 heteroatoms. The van der Waals surface area contributed by atoms with E-state index in [1.165, 1.54) is 0 Å². The molecule has 1 saturated heterocycles. The second-order valence-corrected chi connectivity index (χ2v) is 5.69. The number of carbonyl (C=O) groups excluding carboxylic acids is 1. The van der Waals surface area contributed by atoms with Gasteiger partial charge in [0.25, 0.3) is 0 Å². The van der Waals surface area contributed by atoms with Crippen LogP contribution in [0.5, 0.6) is 0 Å². The maximum Gasteiger partial charge on any atom is 0.226 e. The Bertz CT molecular complexity index is 238. The first-order valence-corrected chi connectivity index (χ1v) is 5.88. The van der Waals surface area contributed by atoms with Crippen molar-refractivity contribution in [1.82, 2.24) is 4.90 Å². The van der Waals surface area contributed by atoms with Crippen molar-refractivity contribution in [3.8, 4) is 0 Å². The molecule has 0 aromatic heterocycles. The molecule has 0 aromatic carbocycles.